The molecule has 0 bridgehead atoms. The SMILES string of the molecule is O=S(=O)(N1CCCC1)N1CCOC(Cc2ccccc2Cl)C1. The highest BCUT2D eigenvalue weighted by Crippen LogP contribution is 2.22. The fraction of sp³-hybridized carbons (Fsp3) is 0.600. The molecule has 2 heterocycles. The van der Waals surface area contributed by atoms with Gasteiger partial charge in [0.15, 0.2) is 0 Å². The molecule has 2 aliphatic heterocycles. The van der Waals surface area contributed by atoms with Gasteiger partial charge in [0, 0.05) is 37.6 Å². The molecule has 3 rings (SSSR count). The molecule has 5 nitrogen and oxygen atoms in total. The minimum atomic E-state index is -3.34. The third-order valence-electron chi connectivity index (χ3n) is 4.22. The van der Waals surface area contributed by atoms with Crippen LogP contribution in [0.4, 0.5) is 0 Å². The molecule has 122 valence electrons. The van der Waals surface area contributed by atoms with E-state index in [9.17, 15) is 8.42 Å². The van der Waals surface area contributed by atoms with Crippen LogP contribution in [0.2, 0.25) is 5.02 Å². The van der Waals surface area contributed by atoms with Crippen LogP contribution < -0.4 is 0 Å². The van der Waals surface area contributed by atoms with E-state index in [1.807, 2.05) is 24.3 Å². The molecule has 0 aromatic heterocycles. The monoisotopic (exact) mass is 344 g/mol. The van der Waals surface area contributed by atoms with Crippen molar-refractivity contribution in [3.8, 4) is 0 Å². The standard InChI is InChI=1S/C15H21ClN2O3S/c16-15-6-2-1-5-13(15)11-14-12-18(9-10-21-14)22(19,20)17-7-3-4-8-17/h1-2,5-6,14H,3-4,7-12H2. The number of benzene rings is 1. The molecule has 2 fully saturated rings. The number of ether oxygens (including phenoxy) is 1. The van der Waals surface area contributed by atoms with Gasteiger partial charge in [-0.2, -0.15) is 17.0 Å². The average Bonchev–Trinajstić information content (AvgIpc) is 3.05. The molecule has 0 amide bonds. The summed E-state index contributed by atoms with van der Waals surface area (Å²) in [6.07, 6.45) is 2.39. The first kappa shape index (κ1) is 16.2. The second-order valence-electron chi connectivity index (χ2n) is 5.76. The topological polar surface area (TPSA) is 49.9 Å². The molecule has 22 heavy (non-hydrogen) atoms. The predicted octanol–water partition coefficient (Wildman–Crippen LogP) is 1.92. The molecule has 1 atom stereocenters. The Bertz CT molecular complexity index is 617. The first-order valence-corrected chi connectivity index (χ1v) is 9.45. The van der Waals surface area contributed by atoms with Gasteiger partial charge >= 0.3 is 0 Å². The van der Waals surface area contributed by atoms with E-state index in [1.54, 1.807) is 8.61 Å². The van der Waals surface area contributed by atoms with Crippen LogP contribution in [0.5, 0.6) is 0 Å². The number of morpholine rings is 1. The van der Waals surface area contributed by atoms with Crippen molar-refractivity contribution in [3.05, 3.63) is 34.9 Å². The van der Waals surface area contributed by atoms with Gasteiger partial charge < -0.3 is 4.74 Å². The Morgan fingerprint density at radius 2 is 1.86 bits per heavy atom. The fourth-order valence-corrected chi connectivity index (χ4v) is 4.94. The lowest BCUT2D eigenvalue weighted by atomic mass is 10.1. The zero-order chi connectivity index (χ0) is 15.6. The van der Waals surface area contributed by atoms with E-state index in [2.05, 4.69) is 0 Å². The van der Waals surface area contributed by atoms with Crippen molar-refractivity contribution in [3.63, 3.8) is 0 Å². The summed E-state index contributed by atoms with van der Waals surface area (Å²) in [4.78, 5) is 0. The Labute approximate surface area is 137 Å². The molecule has 0 radical (unpaired) electrons. The summed E-state index contributed by atoms with van der Waals surface area (Å²) in [5, 5.41) is 0.700. The van der Waals surface area contributed by atoms with Crippen molar-refractivity contribution in [2.45, 2.75) is 25.4 Å². The summed E-state index contributed by atoms with van der Waals surface area (Å²) in [6.45, 7) is 2.52. The van der Waals surface area contributed by atoms with Crippen LogP contribution in [0.15, 0.2) is 24.3 Å². The van der Waals surface area contributed by atoms with Crippen molar-refractivity contribution in [2.24, 2.45) is 0 Å². The third-order valence-corrected chi connectivity index (χ3v) is 6.60. The van der Waals surface area contributed by atoms with E-state index in [0.29, 0.717) is 44.2 Å². The van der Waals surface area contributed by atoms with Crippen LogP contribution in [0.1, 0.15) is 18.4 Å². The summed E-state index contributed by atoms with van der Waals surface area (Å²) in [5.74, 6) is 0. The second-order valence-corrected chi connectivity index (χ2v) is 8.10. The van der Waals surface area contributed by atoms with Crippen molar-refractivity contribution < 1.29 is 13.2 Å². The number of hydrogen-bond acceptors (Lipinski definition) is 3. The summed E-state index contributed by atoms with van der Waals surface area (Å²) in [7, 11) is -3.34. The minimum absolute atomic E-state index is 0.147. The van der Waals surface area contributed by atoms with Crippen LogP contribution in [0.3, 0.4) is 0 Å². The van der Waals surface area contributed by atoms with Crippen molar-refractivity contribution in [1.82, 2.24) is 8.61 Å². The molecule has 7 heteroatoms. The number of halogens is 1. The van der Waals surface area contributed by atoms with E-state index < -0.39 is 10.2 Å². The second kappa shape index (κ2) is 6.84. The molecule has 1 unspecified atom stereocenters. The average molecular weight is 345 g/mol. The molecule has 0 saturated carbocycles. The predicted molar refractivity (Wildman–Crippen MR) is 86.2 cm³/mol. The minimum Gasteiger partial charge on any atom is -0.375 e. The van der Waals surface area contributed by atoms with Crippen molar-refractivity contribution in [2.75, 3.05) is 32.8 Å². The first-order chi connectivity index (χ1) is 10.6. The Kier molecular flexibility index (Phi) is 5.04. The van der Waals surface area contributed by atoms with E-state index in [1.165, 1.54) is 0 Å². The molecule has 0 spiro atoms. The zero-order valence-corrected chi connectivity index (χ0v) is 14.0. The van der Waals surface area contributed by atoms with Crippen molar-refractivity contribution >= 4 is 21.8 Å². The number of nitrogens with zero attached hydrogens (tertiary/aromatic N) is 2. The smallest absolute Gasteiger partial charge is 0.282 e. The quantitative estimate of drug-likeness (QED) is 0.838. The van der Waals surface area contributed by atoms with Crippen LogP contribution in [-0.2, 0) is 21.4 Å². The summed E-state index contributed by atoms with van der Waals surface area (Å²) >= 11 is 6.18. The molecule has 2 aliphatic rings. The highest BCUT2D eigenvalue weighted by atomic mass is 35.5. The van der Waals surface area contributed by atoms with Gasteiger partial charge in [0.2, 0.25) is 0 Å². The molecule has 0 aliphatic carbocycles. The lowest BCUT2D eigenvalue weighted by Gasteiger charge is -2.34. The van der Waals surface area contributed by atoms with Crippen LogP contribution in [0, 0.1) is 0 Å². The van der Waals surface area contributed by atoms with E-state index in [0.717, 1.165) is 18.4 Å². The van der Waals surface area contributed by atoms with Crippen LogP contribution in [-0.4, -0.2) is 55.9 Å². The van der Waals surface area contributed by atoms with Gasteiger partial charge in [0.1, 0.15) is 0 Å². The maximum atomic E-state index is 12.6. The van der Waals surface area contributed by atoms with Crippen molar-refractivity contribution in [1.29, 1.82) is 0 Å². The zero-order valence-electron chi connectivity index (χ0n) is 12.4. The number of hydrogen-bond donors (Lipinski definition) is 0. The van der Waals surface area contributed by atoms with Gasteiger partial charge in [0.25, 0.3) is 10.2 Å². The molecule has 0 N–H and O–H groups in total. The van der Waals surface area contributed by atoms with Gasteiger partial charge in [-0.05, 0) is 24.5 Å². The molecule has 1 aromatic rings. The van der Waals surface area contributed by atoms with E-state index in [-0.39, 0.29) is 6.10 Å². The number of rotatable bonds is 4. The molecule has 1 aromatic carbocycles. The van der Waals surface area contributed by atoms with Gasteiger partial charge in [0.05, 0.1) is 12.7 Å². The lowest BCUT2D eigenvalue weighted by molar-refractivity contribution is -0.00202. The van der Waals surface area contributed by atoms with Gasteiger partial charge in [-0.1, -0.05) is 29.8 Å². The Balaban J connectivity index is 1.68. The molecular weight excluding hydrogens is 324 g/mol. The maximum absolute atomic E-state index is 12.6. The fourth-order valence-electron chi connectivity index (χ4n) is 3.02. The summed E-state index contributed by atoms with van der Waals surface area (Å²) < 4.78 is 34.1. The van der Waals surface area contributed by atoms with E-state index >= 15 is 0 Å². The molecular formula is C15H21ClN2O3S. The Hall–Kier alpha value is -0.660. The van der Waals surface area contributed by atoms with Crippen LogP contribution in [0.25, 0.3) is 0 Å². The van der Waals surface area contributed by atoms with Gasteiger partial charge in [-0.3, -0.25) is 0 Å². The van der Waals surface area contributed by atoms with Crippen LogP contribution >= 0.6 is 11.6 Å². The lowest BCUT2D eigenvalue weighted by Crippen LogP contribution is -2.51. The summed E-state index contributed by atoms with van der Waals surface area (Å²) in [6, 6.07) is 7.62. The molecule has 2 saturated heterocycles. The maximum Gasteiger partial charge on any atom is 0.282 e. The highest BCUT2D eigenvalue weighted by molar-refractivity contribution is 7.86. The highest BCUT2D eigenvalue weighted by Gasteiger charge is 2.35. The van der Waals surface area contributed by atoms with Gasteiger partial charge in [-0.25, -0.2) is 0 Å². The normalized spacial score (nSPS) is 24.7. The summed E-state index contributed by atoms with van der Waals surface area (Å²) in [5.41, 5.74) is 0.995. The Morgan fingerprint density at radius 3 is 2.59 bits per heavy atom. The Morgan fingerprint density at radius 1 is 1.14 bits per heavy atom. The third kappa shape index (κ3) is 3.46. The van der Waals surface area contributed by atoms with Gasteiger partial charge in [-0.15, -0.1) is 0 Å². The largest absolute Gasteiger partial charge is 0.375 e. The first-order valence-electron chi connectivity index (χ1n) is 7.67. The van der Waals surface area contributed by atoms with E-state index in [4.69, 9.17) is 16.3 Å².